The van der Waals surface area contributed by atoms with Gasteiger partial charge in [0, 0.05) is 6.54 Å². The van der Waals surface area contributed by atoms with Crippen molar-refractivity contribution in [1.82, 2.24) is 9.78 Å². The number of aryl methyl sites for hydroxylation is 1. The van der Waals surface area contributed by atoms with Crippen LogP contribution in [-0.2, 0) is 12.1 Å². The molecule has 0 spiro atoms. The Bertz CT molecular complexity index is 394. The fourth-order valence-electron chi connectivity index (χ4n) is 3.13. The second-order valence-corrected chi connectivity index (χ2v) is 5.59. The Labute approximate surface area is 109 Å². The first-order valence-corrected chi connectivity index (χ1v) is 6.85. The summed E-state index contributed by atoms with van der Waals surface area (Å²) in [5.74, 6) is 1.49. The Hall–Kier alpha value is -1.03. The molecule has 1 aliphatic carbocycles. The molecular weight excluding hydrogens is 228 g/mol. The van der Waals surface area contributed by atoms with E-state index in [1.807, 2.05) is 11.6 Å². The minimum atomic E-state index is -0.810. The van der Waals surface area contributed by atoms with Crippen LogP contribution in [0.4, 0.5) is 0 Å². The first-order valence-electron chi connectivity index (χ1n) is 6.85. The van der Waals surface area contributed by atoms with Crippen molar-refractivity contribution in [1.29, 1.82) is 0 Å². The van der Waals surface area contributed by atoms with Gasteiger partial charge in [0.15, 0.2) is 5.75 Å². The normalized spacial score (nSPS) is 32.5. The molecule has 4 nitrogen and oxygen atoms in total. The van der Waals surface area contributed by atoms with E-state index < -0.39 is 5.60 Å². The summed E-state index contributed by atoms with van der Waals surface area (Å²) in [4.78, 5) is 0. The summed E-state index contributed by atoms with van der Waals surface area (Å²) in [7, 11) is 1.64. The molecule has 0 amide bonds. The molecule has 3 unspecified atom stereocenters. The Kier molecular flexibility index (Phi) is 3.66. The molecule has 0 radical (unpaired) electrons. The summed E-state index contributed by atoms with van der Waals surface area (Å²) in [5, 5.41) is 15.5. The van der Waals surface area contributed by atoms with E-state index in [0.29, 0.717) is 11.7 Å². The lowest BCUT2D eigenvalue weighted by molar-refractivity contribution is -0.0706. The number of aliphatic hydroxyl groups is 1. The second kappa shape index (κ2) is 4.92. The number of ether oxygens (including phenoxy) is 1. The van der Waals surface area contributed by atoms with Crippen molar-refractivity contribution in [3.63, 3.8) is 0 Å². The van der Waals surface area contributed by atoms with Gasteiger partial charge < -0.3 is 9.84 Å². The smallest absolute Gasteiger partial charge is 0.162 e. The highest BCUT2D eigenvalue weighted by atomic mass is 16.5. The Morgan fingerprint density at radius 3 is 2.83 bits per heavy atom. The van der Waals surface area contributed by atoms with Gasteiger partial charge in [0.1, 0.15) is 11.3 Å². The minimum Gasteiger partial charge on any atom is -0.493 e. The van der Waals surface area contributed by atoms with E-state index in [1.54, 1.807) is 13.3 Å². The summed E-state index contributed by atoms with van der Waals surface area (Å²) in [6.07, 6.45) is 4.74. The minimum absolute atomic E-state index is 0.240. The van der Waals surface area contributed by atoms with Gasteiger partial charge in [-0.05, 0) is 31.6 Å². The third kappa shape index (κ3) is 2.03. The van der Waals surface area contributed by atoms with E-state index in [0.717, 1.165) is 25.1 Å². The van der Waals surface area contributed by atoms with Gasteiger partial charge in [-0.3, -0.25) is 4.68 Å². The fraction of sp³-hybridized carbons (Fsp3) is 0.786. The quantitative estimate of drug-likeness (QED) is 0.899. The predicted octanol–water partition coefficient (Wildman–Crippen LogP) is 2.56. The van der Waals surface area contributed by atoms with Crippen LogP contribution in [-0.4, -0.2) is 22.0 Å². The van der Waals surface area contributed by atoms with Gasteiger partial charge in [0.2, 0.25) is 0 Å². The first kappa shape index (κ1) is 13.4. The molecule has 1 aromatic heterocycles. The highest BCUT2D eigenvalue weighted by molar-refractivity contribution is 5.32. The van der Waals surface area contributed by atoms with Gasteiger partial charge in [-0.15, -0.1) is 0 Å². The van der Waals surface area contributed by atoms with E-state index in [2.05, 4.69) is 18.9 Å². The van der Waals surface area contributed by atoms with Crippen molar-refractivity contribution in [2.75, 3.05) is 7.11 Å². The largest absolute Gasteiger partial charge is 0.493 e. The summed E-state index contributed by atoms with van der Waals surface area (Å²) >= 11 is 0. The fourth-order valence-corrected chi connectivity index (χ4v) is 3.13. The standard InChI is InChI=1S/C14H24N2O2/c1-5-16-13(12(18-4)9-15-16)14(17)8-10(2)6-7-11(14)3/h9-11,17H,5-8H2,1-4H3. The average Bonchev–Trinajstić information content (AvgIpc) is 2.77. The Morgan fingerprint density at radius 2 is 2.22 bits per heavy atom. The topological polar surface area (TPSA) is 47.3 Å². The van der Waals surface area contributed by atoms with Crippen molar-refractivity contribution >= 4 is 0 Å². The molecule has 1 N–H and O–H groups in total. The highest BCUT2D eigenvalue weighted by Gasteiger charge is 2.44. The molecule has 4 heteroatoms. The molecule has 18 heavy (non-hydrogen) atoms. The SMILES string of the molecule is CCn1ncc(OC)c1C1(O)CC(C)CCC1C. The third-order valence-corrected chi connectivity index (χ3v) is 4.30. The summed E-state index contributed by atoms with van der Waals surface area (Å²) in [5.41, 5.74) is 0.0433. The van der Waals surface area contributed by atoms with Crippen molar-refractivity contribution in [2.24, 2.45) is 11.8 Å². The molecular formula is C14H24N2O2. The molecule has 1 aromatic rings. The van der Waals surface area contributed by atoms with Crippen molar-refractivity contribution < 1.29 is 9.84 Å². The zero-order valence-electron chi connectivity index (χ0n) is 11.8. The molecule has 0 bridgehead atoms. The van der Waals surface area contributed by atoms with Crippen LogP contribution in [0.3, 0.4) is 0 Å². The zero-order valence-corrected chi connectivity index (χ0v) is 11.8. The zero-order chi connectivity index (χ0) is 13.3. The van der Waals surface area contributed by atoms with Crippen LogP contribution in [0.15, 0.2) is 6.20 Å². The van der Waals surface area contributed by atoms with Crippen molar-refractivity contribution in [2.45, 2.75) is 52.2 Å². The van der Waals surface area contributed by atoms with Crippen LogP contribution >= 0.6 is 0 Å². The van der Waals surface area contributed by atoms with Gasteiger partial charge in [-0.2, -0.15) is 5.10 Å². The van der Waals surface area contributed by atoms with E-state index in [4.69, 9.17) is 4.74 Å². The lowest BCUT2D eigenvalue weighted by Crippen LogP contribution is -2.41. The molecule has 3 atom stereocenters. The average molecular weight is 252 g/mol. The molecule has 1 saturated carbocycles. The lowest BCUT2D eigenvalue weighted by atomic mass is 9.70. The maximum Gasteiger partial charge on any atom is 0.162 e. The Morgan fingerprint density at radius 1 is 1.50 bits per heavy atom. The van der Waals surface area contributed by atoms with Crippen LogP contribution in [0.1, 0.15) is 45.7 Å². The molecule has 0 aliphatic heterocycles. The van der Waals surface area contributed by atoms with Crippen LogP contribution in [0.25, 0.3) is 0 Å². The molecule has 0 saturated heterocycles. The first-order chi connectivity index (χ1) is 8.52. The second-order valence-electron chi connectivity index (χ2n) is 5.59. The molecule has 2 rings (SSSR count). The van der Waals surface area contributed by atoms with Crippen LogP contribution in [0, 0.1) is 11.8 Å². The monoisotopic (exact) mass is 252 g/mol. The molecule has 1 aliphatic rings. The Balaban J connectivity index is 2.47. The number of methoxy groups -OCH3 is 1. The van der Waals surface area contributed by atoms with Crippen molar-refractivity contribution in [3.05, 3.63) is 11.9 Å². The van der Waals surface area contributed by atoms with Gasteiger partial charge in [0.05, 0.1) is 13.3 Å². The van der Waals surface area contributed by atoms with Crippen molar-refractivity contribution in [3.8, 4) is 5.75 Å². The van der Waals surface area contributed by atoms with E-state index in [1.165, 1.54) is 6.42 Å². The summed E-state index contributed by atoms with van der Waals surface area (Å²) in [6, 6.07) is 0. The van der Waals surface area contributed by atoms with E-state index in [9.17, 15) is 5.11 Å². The highest BCUT2D eigenvalue weighted by Crippen LogP contribution is 2.46. The number of hydrogen-bond acceptors (Lipinski definition) is 3. The molecule has 0 aromatic carbocycles. The predicted molar refractivity (Wildman–Crippen MR) is 70.5 cm³/mol. The lowest BCUT2D eigenvalue weighted by Gasteiger charge is -2.41. The third-order valence-electron chi connectivity index (χ3n) is 4.30. The van der Waals surface area contributed by atoms with Gasteiger partial charge in [-0.1, -0.05) is 20.3 Å². The van der Waals surface area contributed by atoms with Gasteiger partial charge in [0.25, 0.3) is 0 Å². The number of nitrogens with zero attached hydrogens (tertiary/aromatic N) is 2. The summed E-state index contributed by atoms with van der Waals surface area (Å²) in [6.45, 7) is 7.12. The number of rotatable bonds is 3. The maximum absolute atomic E-state index is 11.2. The van der Waals surface area contributed by atoms with Crippen LogP contribution < -0.4 is 4.74 Å². The molecule has 102 valence electrons. The van der Waals surface area contributed by atoms with Gasteiger partial charge >= 0.3 is 0 Å². The maximum atomic E-state index is 11.2. The van der Waals surface area contributed by atoms with Crippen LogP contribution in [0.5, 0.6) is 5.75 Å². The number of hydrogen-bond donors (Lipinski definition) is 1. The number of aromatic nitrogens is 2. The van der Waals surface area contributed by atoms with E-state index in [-0.39, 0.29) is 5.92 Å². The van der Waals surface area contributed by atoms with Crippen LogP contribution in [0.2, 0.25) is 0 Å². The molecule has 1 fully saturated rings. The van der Waals surface area contributed by atoms with Gasteiger partial charge in [-0.25, -0.2) is 0 Å². The van der Waals surface area contributed by atoms with E-state index >= 15 is 0 Å². The molecule has 1 heterocycles. The summed E-state index contributed by atoms with van der Waals surface area (Å²) < 4.78 is 7.25.